The molecule has 0 aromatic heterocycles. The Morgan fingerprint density at radius 3 is 2.55 bits per heavy atom. The summed E-state index contributed by atoms with van der Waals surface area (Å²) in [5.74, 6) is 6.13. The Morgan fingerprint density at radius 2 is 1.91 bits per heavy atom. The van der Waals surface area contributed by atoms with E-state index < -0.39 is 0 Å². The maximum atomic E-state index is 13.6. The first-order chi connectivity index (χ1) is 10.3. The third-order valence-corrected chi connectivity index (χ3v) is 3.41. The summed E-state index contributed by atoms with van der Waals surface area (Å²) in [5, 5.41) is 0. The molecule has 0 saturated heterocycles. The van der Waals surface area contributed by atoms with Gasteiger partial charge in [-0.1, -0.05) is 42.2 Å². The second-order valence-corrected chi connectivity index (χ2v) is 6.52. The van der Waals surface area contributed by atoms with Crippen LogP contribution in [0.15, 0.2) is 46.9 Å². The summed E-state index contributed by atoms with van der Waals surface area (Å²) in [6.07, 6.45) is 0. The highest BCUT2D eigenvalue weighted by Crippen LogP contribution is 2.29. The van der Waals surface area contributed by atoms with Crippen LogP contribution in [0.2, 0.25) is 0 Å². The van der Waals surface area contributed by atoms with Gasteiger partial charge in [0.15, 0.2) is 0 Å². The molecule has 2 aromatic rings. The van der Waals surface area contributed by atoms with Crippen LogP contribution in [0.3, 0.4) is 0 Å². The van der Waals surface area contributed by atoms with Crippen LogP contribution < -0.4 is 4.74 Å². The third kappa shape index (κ3) is 4.89. The molecule has 0 fully saturated rings. The Kier molecular flexibility index (Phi) is 5.26. The highest BCUT2D eigenvalue weighted by molar-refractivity contribution is 9.10. The van der Waals surface area contributed by atoms with Gasteiger partial charge < -0.3 is 4.74 Å². The Hall–Kier alpha value is -1.79. The molecular weight excluding hydrogens is 343 g/mol. The van der Waals surface area contributed by atoms with Crippen molar-refractivity contribution in [2.75, 3.05) is 0 Å². The molecule has 3 heteroatoms. The molecule has 0 saturated carbocycles. The molecule has 0 N–H and O–H groups in total. The number of rotatable bonds is 3. The first-order valence-corrected chi connectivity index (χ1v) is 7.69. The van der Waals surface area contributed by atoms with E-state index in [9.17, 15) is 4.39 Å². The zero-order valence-electron chi connectivity index (χ0n) is 12.6. The number of hydrogen-bond donors (Lipinski definition) is 0. The van der Waals surface area contributed by atoms with Gasteiger partial charge >= 0.3 is 0 Å². The lowest BCUT2D eigenvalue weighted by molar-refractivity contribution is 0.303. The smallest absolute Gasteiger partial charge is 0.139 e. The van der Waals surface area contributed by atoms with Crippen LogP contribution in [0.5, 0.6) is 5.75 Å². The van der Waals surface area contributed by atoms with Crippen LogP contribution in [0, 0.1) is 30.0 Å². The van der Waals surface area contributed by atoms with Gasteiger partial charge in [-0.2, -0.15) is 0 Å². The lowest BCUT2D eigenvalue weighted by Gasteiger charge is -2.11. The van der Waals surface area contributed by atoms with Crippen molar-refractivity contribution in [1.82, 2.24) is 0 Å². The third-order valence-electron chi connectivity index (χ3n) is 2.78. The zero-order valence-corrected chi connectivity index (χ0v) is 14.2. The molecule has 2 aromatic carbocycles. The van der Waals surface area contributed by atoms with Gasteiger partial charge in [0.25, 0.3) is 0 Å². The van der Waals surface area contributed by atoms with Crippen LogP contribution in [0.4, 0.5) is 4.39 Å². The highest BCUT2D eigenvalue weighted by atomic mass is 79.9. The Labute approximate surface area is 139 Å². The summed E-state index contributed by atoms with van der Waals surface area (Å²) in [7, 11) is 0. The van der Waals surface area contributed by atoms with E-state index in [1.54, 1.807) is 0 Å². The zero-order chi connectivity index (χ0) is 16.2. The summed E-state index contributed by atoms with van der Waals surface area (Å²) < 4.78 is 20.0. The summed E-state index contributed by atoms with van der Waals surface area (Å²) in [4.78, 5) is 0. The summed E-state index contributed by atoms with van der Waals surface area (Å²) in [6.45, 7) is 8.15. The number of ether oxygens (including phenoxy) is 1. The minimum Gasteiger partial charge on any atom is -0.487 e. The van der Waals surface area contributed by atoms with Gasteiger partial charge in [0.05, 0.1) is 5.56 Å². The molecule has 0 spiro atoms. The SMILES string of the molecule is [CH2]C(C)(C)C#Cc1c(Br)cc(F)cc1OCc1ccccc1. The van der Waals surface area contributed by atoms with E-state index in [4.69, 9.17) is 4.74 Å². The normalized spacial score (nSPS) is 10.8. The van der Waals surface area contributed by atoms with Crippen LogP contribution in [-0.4, -0.2) is 0 Å². The molecule has 0 aliphatic carbocycles. The van der Waals surface area contributed by atoms with Crippen LogP contribution in [0.1, 0.15) is 25.0 Å². The van der Waals surface area contributed by atoms with Crippen LogP contribution >= 0.6 is 15.9 Å². The first kappa shape index (κ1) is 16.6. The largest absolute Gasteiger partial charge is 0.487 e. The molecular formula is C19H17BrFO. The van der Waals surface area contributed by atoms with Crippen molar-refractivity contribution >= 4 is 15.9 Å². The van der Waals surface area contributed by atoms with E-state index >= 15 is 0 Å². The highest BCUT2D eigenvalue weighted by Gasteiger charge is 2.11. The van der Waals surface area contributed by atoms with Crippen LogP contribution in [-0.2, 0) is 6.61 Å². The van der Waals surface area contributed by atoms with Crippen molar-refractivity contribution in [2.45, 2.75) is 20.5 Å². The molecule has 1 nitrogen and oxygen atoms in total. The van der Waals surface area contributed by atoms with Crippen molar-refractivity contribution in [3.63, 3.8) is 0 Å². The van der Waals surface area contributed by atoms with E-state index in [-0.39, 0.29) is 11.2 Å². The van der Waals surface area contributed by atoms with E-state index in [0.29, 0.717) is 22.4 Å². The minimum absolute atomic E-state index is 0.360. The van der Waals surface area contributed by atoms with Gasteiger partial charge in [0, 0.05) is 16.0 Å². The van der Waals surface area contributed by atoms with Gasteiger partial charge in [-0.05, 0) is 48.3 Å². The number of benzene rings is 2. The average molecular weight is 360 g/mol. The van der Waals surface area contributed by atoms with Crippen molar-refractivity contribution in [1.29, 1.82) is 0 Å². The van der Waals surface area contributed by atoms with Gasteiger partial charge in [0.1, 0.15) is 18.2 Å². The second-order valence-electron chi connectivity index (χ2n) is 5.67. The molecule has 0 atom stereocenters. The van der Waals surface area contributed by atoms with Crippen molar-refractivity contribution in [3.8, 4) is 17.6 Å². The molecule has 2 rings (SSSR count). The molecule has 0 amide bonds. The fraction of sp³-hybridized carbons (Fsp3) is 0.211. The molecule has 0 bridgehead atoms. The fourth-order valence-electron chi connectivity index (χ4n) is 1.75. The van der Waals surface area contributed by atoms with E-state index in [0.717, 1.165) is 5.56 Å². The van der Waals surface area contributed by atoms with E-state index in [2.05, 4.69) is 34.7 Å². The Balaban J connectivity index is 2.30. The van der Waals surface area contributed by atoms with E-state index in [1.165, 1.54) is 12.1 Å². The number of halogens is 2. The predicted molar refractivity (Wildman–Crippen MR) is 90.9 cm³/mol. The number of hydrogen-bond acceptors (Lipinski definition) is 1. The quantitative estimate of drug-likeness (QED) is 0.668. The molecule has 0 aliphatic rings. The van der Waals surface area contributed by atoms with Crippen LogP contribution in [0.25, 0.3) is 0 Å². The van der Waals surface area contributed by atoms with Gasteiger partial charge in [-0.3, -0.25) is 0 Å². The molecule has 0 aliphatic heterocycles. The summed E-state index contributed by atoms with van der Waals surface area (Å²) in [6, 6.07) is 12.5. The van der Waals surface area contributed by atoms with Crippen molar-refractivity contribution in [2.24, 2.45) is 5.41 Å². The monoisotopic (exact) mass is 359 g/mol. The Bertz CT molecular complexity index is 706. The standard InChI is InChI=1S/C19H17BrFO/c1-19(2,3)10-9-16-17(20)11-15(21)12-18(16)22-13-14-7-5-4-6-8-14/h4-8,11-12H,1,13H2,2-3H3. The fourth-order valence-corrected chi connectivity index (χ4v) is 2.27. The molecule has 0 unspecified atom stereocenters. The maximum Gasteiger partial charge on any atom is 0.139 e. The topological polar surface area (TPSA) is 9.23 Å². The minimum atomic E-state index is -0.384. The first-order valence-electron chi connectivity index (χ1n) is 6.89. The Morgan fingerprint density at radius 1 is 1.23 bits per heavy atom. The predicted octanol–water partition coefficient (Wildman–Crippen LogP) is 5.38. The van der Waals surface area contributed by atoms with Crippen molar-refractivity contribution in [3.05, 3.63) is 70.8 Å². The average Bonchev–Trinajstić information content (AvgIpc) is 2.43. The summed E-state index contributed by atoms with van der Waals surface area (Å²) >= 11 is 3.35. The molecule has 0 heterocycles. The summed E-state index contributed by atoms with van der Waals surface area (Å²) in [5.41, 5.74) is 1.26. The molecule has 113 valence electrons. The molecule has 1 radical (unpaired) electrons. The van der Waals surface area contributed by atoms with Gasteiger partial charge in [0.2, 0.25) is 0 Å². The molecule has 22 heavy (non-hydrogen) atoms. The second kappa shape index (κ2) is 6.98. The van der Waals surface area contributed by atoms with Crippen molar-refractivity contribution < 1.29 is 9.13 Å². The lowest BCUT2D eigenvalue weighted by Crippen LogP contribution is -2.02. The van der Waals surface area contributed by atoms with Gasteiger partial charge in [-0.25, -0.2) is 4.39 Å². The maximum absolute atomic E-state index is 13.6. The van der Waals surface area contributed by atoms with E-state index in [1.807, 2.05) is 44.2 Å². The lowest BCUT2D eigenvalue weighted by atomic mass is 9.97. The van der Waals surface area contributed by atoms with Gasteiger partial charge in [-0.15, -0.1) is 0 Å².